The van der Waals surface area contributed by atoms with E-state index < -0.39 is 0 Å². The van der Waals surface area contributed by atoms with Gasteiger partial charge in [0, 0.05) is 17.5 Å². The summed E-state index contributed by atoms with van der Waals surface area (Å²) in [6, 6.07) is 9.07. The number of anilines is 1. The average Bonchev–Trinajstić information content (AvgIpc) is 3.02. The lowest BCUT2D eigenvalue weighted by atomic mass is 9.99. The Morgan fingerprint density at radius 3 is 2.70 bits per heavy atom. The maximum absolute atomic E-state index is 11.5. The van der Waals surface area contributed by atoms with Crippen molar-refractivity contribution in [1.82, 2.24) is 5.16 Å². The van der Waals surface area contributed by atoms with Crippen molar-refractivity contribution in [2.45, 2.75) is 46.1 Å². The van der Waals surface area contributed by atoms with E-state index in [9.17, 15) is 10.1 Å². The topological polar surface area (TPSA) is 78.9 Å². The summed E-state index contributed by atoms with van der Waals surface area (Å²) in [6.45, 7) is 6.19. The second kappa shape index (κ2) is 7.59. The molecule has 5 heteroatoms. The van der Waals surface area contributed by atoms with Crippen LogP contribution < -0.4 is 5.32 Å². The van der Waals surface area contributed by atoms with Gasteiger partial charge in [-0.1, -0.05) is 19.0 Å². The summed E-state index contributed by atoms with van der Waals surface area (Å²) in [4.78, 5) is 11.5. The first-order valence-corrected chi connectivity index (χ1v) is 7.83. The van der Waals surface area contributed by atoms with Gasteiger partial charge in [-0.3, -0.25) is 4.79 Å². The maximum Gasteiger partial charge on any atom is 0.159 e. The molecule has 0 bridgehead atoms. The summed E-state index contributed by atoms with van der Waals surface area (Å²) >= 11 is 0. The normalized spacial score (nSPS) is 10.6. The van der Waals surface area contributed by atoms with Crippen molar-refractivity contribution in [2.75, 3.05) is 5.32 Å². The van der Waals surface area contributed by atoms with Crippen LogP contribution in [0.3, 0.4) is 0 Å². The minimum Gasteiger partial charge on any atom is -0.377 e. The quantitative estimate of drug-likeness (QED) is 0.773. The summed E-state index contributed by atoms with van der Waals surface area (Å²) in [5.41, 5.74) is 2.65. The summed E-state index contributed by atoms with van der Waals surface area (Å²) < 4.78 is 5.36. The van der Waals surface area contributed by atoms with Crippen LogP contribution in [0, 0.1) is 11.3 Å². The zero-order chi connectivity index (χ0) is 16.8. The molecule has 0 fully saturated rings. The molecule has 0 radical (unpaired) electrons. The van der Waals surface area contributed by atoms with E-state index >= 15 is 0 Å². The van der Waals surface area contributed by atoms with Gasteiger partial charge in [0.2, 0.25) is 0 Å². The molecule has 0 saturated heterocycles. The molecule has 0 atom stereocenters. The monoisotopic (exact) mass is 311 g/mol. The van der Waals surface area contributed by atoms with E-state index in [-0.39, 0.29) is 5.78 Å². The fourth-order valence-electron chi connectivity index (χ4n) is 2.50. The number of nitrogens with zero attached hydrogens (tertiary/aromatic N) is 2. The Morgan fingerprint density at radius 2 is 2.09 bits per heavy atom. The van der Waals surface area contributed by atoms with Gasteiger partial charge < -0.3 is 9.84 Å². The lowest BCUT2D eigenvalue weighted by molar-refractivity contribution is 0.101. The van der Waals surface area contributed by atoms with Crippen LogP contribution in [0.15, 0.2) is 28.8 Å². The van der Waals surface area contributed by atoms with Crippen LogP contribution >= 0.6 is 0 Å². The average molecular weight is 311 g/mol. The maximum atomic E-state index is 11.5. The molecule has 120 valence electrons. The van der Waals surface area contributed by atoms with Crippen LogP contribution in [0.4, 0.5) is 5.69 Å². The van der Waals surface area contributed by atoms with Crippen LogP contribution in [-0.4, -0.2) is 10.9 Å². The summed E-state index contributed by atoms with van der Waals surface area (Å²) in [5, 5.41) is 16.5. The third-order valence-corrected chi connectivity index (χ3v) is 3.98. The van der Waals surface area contributed by atoms with E-state index in [0.717, 1.165) is 18.5 Å². The van der Waals surface area contributed by atoms with Gasteiger partial charge in [-0.2, -0.15) is 5.26 Å². The van der Waals surface area contributed by atoms with Crippen molar-refractivity contribution in [3.05, 3.63) is 46.8 Å². The Kier molecular flexibility index (Phi) is 5.53. The fraction of sp³-hybridized carbons (Fsp3) is 0.389. The second-order valence-corrected chi connectivity index (χ2v) is 5.51. The third kappa shape index (κ3) is 3.98. The molecule has 5 nitrogen and oxygen atoms in total. The first-order chi connectivity index (χ1) is 11.1. The molecular weight excluding hydrogens is 290 g/mol. The summed E-state index contributed by atoms with van der Waals surface area (Å²) in [5.74, 6) is 1.08. The Balaban J connectivity index is 2.13. The minimum absolute atomic E-state index is 0.0341. The zero-order valence-electron chi connectivity index (χ0n) is 13.7. The van der Waals surface area contributed by atoms with Crippen molar-refractivity contribution < 1.29 is 9.32 Å². The number of hydrogen-bond donors (Lipinski definition) is 1. The van der Waals surface area contributed by atoms with Crippen molar-refractivity contribution in [3.63, 3.8) is 0 Å². The minimum atomic E-state index is -0.0341. The zero-order valence-corrected chi connectivity index (χ0v) is 13.7. The van der Waals surface area contributed by atoms with E-state index in [4.69, 9.17) is 4.52 Å². The highest BCUT2D eigenvalue weighted by atomic mass is 16.5. The highest BCUT2D eigenvalue weighted by Crippen LogP contribution is 2.23. The lowest BCUT2D eigenvalue weighted by Crippen LogP contribution is -2.03. The van der Waals surface area contributed by atoms with Crippen molar-refractivity contribution in [3.8, 4) is 6.07 Å². The second-order valence-electron chi connectivity index (χ2n) is 5.51. The molecule has 2 rings (SSSR count). The van der Waals surface area contributed by atoms with Crippen molar-refractivity contribution >= 4 is 11.5 Å². The molecule has 0 aliphatic carbocycles. The van der Waals surface area contributed by atoms with Gasteiger partial charge in [-0.15, -0.1) is 0 Å². The molecule has 1 heterocycles. The Bertz CT molecular complexity index is 724. The predicted molar refractivity (Wildman–Crippen MR) is 88.3 cm³/mol. The van der Waals surface area contributed by atoms with Gasteiger partial charge in [-0.25, -0.2) is 0 Å². The van der Waals surface area contributed by atoms with Gasteiger partial charge in [-0.05, 0) is 38.0 Å². The van der Waals surface area contributed by atoms with Gasteiger partial charge in [0.1, 0.15) is 6.07 Å². The number of Topliss-reactive ketones (excluding diaryl/α,β-unsaturated/α-hetero) is 1. The molecule has 0 amide bonds. The summed E-state index contributed by atoms with van der Waals surface area (Å²) in [6.07, 6.45) is 2.05. The molecule has 0 aliphatic heterocycles. The molecule has 2 aromatic rings. The van der Waals surface area contributed by atoms with E-state index in [1.165, 1.54) is 6.92 Å². The number of carbonyl (C=O) groups is 1. The van der Waals surface area contributed by atoms with Gasteiger partial charge in [0.05, 0.1) is 23.5 Å². The number of ketones is 1. The van der Waals surface area contributed by atoms with Crippen molar-refractivity contribution in [1.29, 1.82) is 5.26 Å². The van der Waals surface area contributed by atoms with Crippen molar-refractivity contribution in [2.24, 2.45) is 0 Å². The molecule has 0 saturated carbocycles. The molecule has 1 N–H and O–H groups in total. The van der Waals surface area contributed by atoms with E-state index in [1.807, 2.05) is 6.07 Å². The number of carbonyl (C=O) groups excluding carboxylic acids is 1. The summed E-state index contributed by atoms with van der Waals surface area (Å²) in [7, 11) is 0. The van der Waals surface area contributed by atoms with E-state index in [2.05, 4.69) is 30.4 Å². The molecule has 0 spiro atoms. The molecule has 0 aliphatic rings. The third-order valence-electron chi connectivity index (χ3n) is 3.98. The number of hydrogen-bond acceptors (Lipinski definition) is 5. The largest absolute Gasteiger partial charge is 0.377 e. The van der Waals surface area contributed by atoms with Gasteiger partial charge >= 0.3 is 0 Å². The van der Waals surface area contributed by atoms with Gasteiger partial charge in [0.15, 0.2) is 11.5 Å². The Hall–Kier alpha value is -2.61. The highest BCUT2D eigenvalue weighted by molar-refractivity contribution is 5.95. The smallest absolute Gasteiger partial charge is 0.159 e. The van der Waals surface area contributed by atoms with Crippen LogP contribution in [0.1, 0.15) is 66.9 Å². The van der Waals surface area contributed by atoms with E-state index in [1.54, 1.807) is 18.2 Å². The molecular formula is C18H21N3O2. The molecule has 23 heavy (non-hydrogen) atoms. The highest BCUT2D eigenvalue weighted by Gasteiger charge is 2.13. The standard InChI is InChI=1S/C18H21N3O2/c1-4-13(5-2)18-9-16(23-21-18)11-20-17-8-14(12(3)22)6-7-15(17)10-19/h6-9,13,20H,4-5,11H2,1-3H3. The number of benzene rings is 1. The molecule has 1 aromatic heterocycles. The number of rotatable bonds is 7. The van der Waals surface area contributed by atoms with Crippen LogP contribution in [0.5, 0.6) is 0 Å². The Labute approximate surface area is 136 Å². The lowest BCUT2D eigenvalue weighted by Gasteiger charge is -2.08. The first kappa shape index (κ1) is 16.8. The Morgan fingerprint density at radius 1 is 1.35 bits per heavy atom. The van der Waals surface area contributed by atoms with Crippen LogP contribution in [-0.2, 0) is 6.54 Å². The number of nitrogens with one attached hydrogen (secondary N) is 1. The molecule has 0 unspecified atom stereocenters. The van der Waals surface area contributed by atoms with Gasteiger partial charge in [0.25, 0.3) is 0 Å². The molecule has 1 aromatic carbocycles. The fourth-order valence-corrected chi connectivity index (χ4v) is 2.50. The first-order valence-electron chi connectivity index (χ1n) is 7.83. The van der Waals surface area contributed by atoms with Crippen LogP contribution in [0.2, 0.25) is 0 Å². The SMILES string of the molecule is CCC(CC)c1cc(CNc2cc(C(C)=O)ccc2C#N)on1. The number of nitriles is 1. The number of aromatic nitrogens is 1. The van der Waals surface area contributed by atoms with Crippen LogP contribution in [0.25, 0.3) is 0 Å². The van der Waals surface area contributed by atoms with E-state index in [0.29, 0.717) is 35.0 Å². The predicted octanol–water partition coefficient (Wildman–Crippen LogP) is 4.26.